The fourth-order valence-corrected chi connectivity index (χ4v) is 1.96. The maximum absolute atomic E-state index is 2.41. The minimum Gasteiger partial charge on any atom is -0.0816 e. The number of allylic oxidation sites excluding steroid dienone is 2. The Hall–Kier alpha value is -0.260. The summed E-state index contributed by atoms with van der Waals surface area (Å²) in [4.78, 5) is 0. The molecule has 0 aliphatic heterocycles. The van der Waals surface area contributed by atoms with E-state index in [9.17, 15) is 0 Å². The third kappa shape index (κ3) is 10.3. The van der Waals surface area contributed by atoms with Gasteiger partial charge in [0.25, 0.3) is 0 Å². The first kappa shape index (κ1) is 15.7. The summed E-state index contributed by atoms with van der Waals surface area (Å²) in [5.74, 6) is 0. The van der Waals surface area contributed by atoms with Crippen molar-refractivity contribution in [3.8, 4) is 0 Å². The first-order chi connectivity index (χ1) is 7.85. The highest BCUT2D eigenvalue weighted by Gasteiger charge is 1.97. The molecule has 0 amide bonds. The zero-order valence-corrected chi connectivity index (χ0v) is 11.7. The number of rotatable bonds is 11. The topological polar surface area (TPSA) is 0 Å². The standard InChI is InChI=1S/C16H31/c1-4-7-9-11-14-16(13-6-3)15-12-10-8-5-2/h11,14H,4-10,12-13,15H2,1-3H3. The van der Waals surface area contributed by atoms with E-state index in [1.807, 2.05) is 0 Å². The van der Waals surface area contributed by atoms with Gasteiger partial charge in [0.2, 0.25) is 0 Å². The van der Waals surface area contributed by atoms with Gasteiger partial charge in [-0.3, -0.25) is 0 Å². The van der Waals surface area contributed by atoms with Gasteiger partial charge >= 0.3 is 0 Å². The molecule has 0 saturated carbocycles. The predicted molar refractivity (Wildman–Crippen MR) is 75.6 cm³/mol. The Kier molecular flexibility index (Phi) is 12.6. The van der Waals surface area contributed by atoms with E-state index in [1.165, 1.54) is 64.2 Å². The van der Waals surface area contributed by atoms with E-state index in [4.69, 9.17) is 0 Å². The van der Waals surface area contributed by atoms with Crippen molar-refractivity contribution in [1.29, 1.82) is 0 Å². The predicted octanol–water partition coefficient (Wildman–Crippen LogP) is 6.08. The van der Waals surface area contributed by atoms with E-state index in [-0.39, 0.29) is 0 Å². The maximum Gasteiger partial charge on any atom is -0.0168 e. The van der Waals surface area contributed by atoms with Crippen LogP contribution in [0.15, 0.2) is 11.6 Å². The number of hydrogen-bond donors (Lipinski definition) is 0. The molecule has 0 unspecified atom stereocenters. The quantitative estimate of drug-likeness (QED) is 0.372. The molecule has 0 atom stereocenters. The van der Waals surface area contributed by atoms with Crippen molar-refractivity contribution >= 4 is 0 Å². The highest BCUT2D eigenvalue weighted by atomic mass is 14.0. The van der Waals surface area contributed by atoms with Crippen LogP contribution in [0.4, 0.5) is 0 Å². The van der Waals surface area contributed by atoms with E-state index in [0.717, 1.165) is 0 Å². The third-order valence-corrected chi connectivity index (χ3v) is 3.00. The van der Waals surface area contributed by atoms with Crippen molar-refractivity contribution in [2.75, 3.05) is 0 Å². The van der Waals surface area contributed by atoms with Gasteiger partial charge in [-0.1, -0.05) is 70.9 Å². The second-order valence-corrected chi connectivity index (χ2v) is 4.76. The van der Waals surface area contributed by atoms with Crippen LogP contribution >= 0.6 is 0 Å². The molecule has 0 aliphatic rings. The van der Waals surface area contributed by atoms with Crippen LogP contribution in [0.5, 0.6) is 0 Å². The Bertz CT molecular complexity index is 155. The summed E-state index contributed by atoms with van der Waals surface area (Å²) in [7, 11) is 0. The minimum atomic E-state index is 1.26. The molecule has 0 rings (SSSR count). The summed E-state index contributed by atoms with van der Waals surface area (Å²) >= 11 is 0. The molecule has 95 valence electrons. The third-order valence-electron chi connectivity index (χ3n) is 3.00. The molecule has 0 spiro atoms. The Labute approximate surface area is 104 Å². The summed E-state index contributed by atoms with van der Waals surface area (Å²) in [6, 6.07) is 0. The van der Waals surface area contributed by atoms with Crippen molar-refractivity contribution < 1.29 is 0 Å². The van der Waals surface area contributed by atoms with Crippen LogP contribution in [0, 0.1) is 6.42 Å². The molecular weight excluding hydrogens is 192 g/mol. The van der Waals surface area contributed by atoms with Crippen molar-refractivity contribution in [2.24, 2.45) is 0 Å². The first-order valence-electron chi connectivity index (χ1n) is 7.36. The second-order valence-electron chi connectivity index (χ2n) is 4.76. The van der Waals surface area contributed by atoms with Crippen molar-refractivity contribution in [3.05, 3.63) is 18.1 Å². The molecule has 0 saturated heterocycles. The zero-order valence-electron chi connectivity index (χ0n) is 11.7. The fraction of sp³-hybridized carbons (Fsp3) is 0.812. The normalized spacial score (nSPS) is 12.1. The van der Waals surface area contributed by atoms with Crippen LogP contribution in [0.25, 0.3) is 0 Å². The molecular formula is C16H31. The lowest BCUT2D eigenvalue weighted by atomic mass is 10.0. The molecule has 0 nitrogen and oxygen atoms in total. The highest BCUT2D eigenvalue weighted by molar-refractivity contribution is 5.08. The summed E-state index contributed by atoms with van der Waals surface area (Å²) in [6.07, 6.45) is 18.2. The maximum atomic E-state index is 2.41. The monoisotopic (exact) mass is 223 g/mol. The van der Waals surface area contributed by atoms with Gasteiger partial charge in [-0.2, -0.15) is 0 Å². The SMILES string of the molecule is CCCC[CH]C=C(CCC)CCCCCC. The molecule has 0 heterocycles. The van der Waals surface area contributed by atoms with E-state index >= 15 is 0 Å². The Morgan fingerprint density at radius 3 is 2.12 bits per heavy atom. The molecule has 0 aliphatic carbocycles. The van der Waals surface area contributed by atoms with Gasteiger partial charge in [-0.15, -0.1) is 0 Å². The average Bonchev–Trinajstić information content (AvgIpc) is 2.30. The number of hydrogen-bond acceptors (Lipinski definition) is 0. The van der Waals surface area contributed by atoms with Gasteiger partial charge in [0.05, 0.1) is 0 Å². The van der Waals surface area contributed by atoms with Crippen LogP contribution in [-0.2, 0) is 0 Å². The van der Waals surface area contributed by atoms with Crippen LogP contribution < -0.4 is 0 Å². The van der Waals surface area contributed by atoms with Gasteiger partial charge in [0.1, 0.15) is 0 Å². The van der Waals surface area contributed by atoms with Gasteiger partial charge in [-0.25, -0.2) is 0 Å². The second kappa shape index (κ2) is 12.8. The Balaban J connectivity index is 3.67. The smallest absolute Gasteiger partial charge is 0.0168 e. The molecule has 0 bridgehead atoms. The molecule has 0 N–H and O–H groups in total. The zero-order chi connectivity index (χ0) is 12.1. The highest BCUT2D eigenvalue weighted by Crippen LogP contribution is 2.16. The Morgan fingerprint density at radius 2 is 1.50 bits per heavy atom. The Morgan fingerprint density at radius 1 is 0.750 bits per heavy atom. The van der Waals surface area contributed by atoms with Gasteiger partial charge in [0.15, 0.2) is 0 Å². The lowest BCUT2D eigenvalue weighted by molar-refractivity contribution is 0.651. The van der Waals surface area contributed by atoms with E-state index in [1.54, 1.807) is 5.57 Å². The minimum absolute atomic E-state index is 1.26. The van der Waals surface area contributed by atoms with Crippen molar-refractivity contribution in [2.45, 2.75) is 85.0 Å². The van der Waals surface area contributed by atoms with E-state index < -0.39 is 0 Å². The van der Waals surface area contributed by atoms with Crippen LogP contribution in [0.3, 0.4) is 0 Å². The van der Waals surface area contributed by atoms with E-state index in [2.05, 4.69) is 33.3 Å². The molecule has 1 radical (unpaired) electrons. The van der Waals surface area contributed by atoms with Crippen LogP contribution in [-0.4, -0.2) is 0 Å². The fourth-order valence-electron chi connectivity index (χ4n) is 1.96. The molecule has 16 heavy (non-hydrogen) atoms. The van der Waals surface area contributed by atoms with Crippen LogP contribution in [0.2, 0.25) is 0 Å². The van der Waals surface area contributed by atoms with E-state index in [0.29, 0.717) is 0 Å². The van der Waals surface area contributed by atoms with Crippen molar-refractivity contribution in [3.63, 3.8) is 0 Å². The summed E-state index contributed by atoms with van der Waals surface area (Å²) in [6.45, 7) is 6.82. The molecule has 0 aromatic heterocycles. The van der Waals surface area contributed by atoms with Crippen LogP contribution in [0.1, 0.15) is 85.0 Å². The molecule has 0 fully saturated rings. The molecule has 0 aromatic carbocycles. The summed E-state index contributed by atoms with van der Waals surface area (Å²) in [5.41, 5.74) is 1.68. The molecule has 0 heteroatoms. The first-order valence-corrected chi connectivity index (χ1v) is 7.36. The number of unbranched alkanes of at least 4 members (excludes halogenated alkanes) is 6. The van der Waals surface area contributed by atoms with Crippen molar-refractivity contribution in [1.82, 2.24) is 0 Å². The lowest BCUT2D eigenvalue weighted by Crippen LogP contribution is -1.86. The van der Waals surface area contributed by atoms with Gasteiger partial charge in [0, 0.05) is 0 Å². The molecule has 0 aromatic rings. The summed E-state index contributed by atoms with van der Waals surface area (Å²) in [5, 5.41) is 0. The average molecular weight is 223 g/mol. The van der Waals surface area contributed by atoms with Gasteiger partial charge in [-0.05, 0) is 32.1 Å². The van der Waals surface area contributed by atoms with Gasteiger partial charge < -0.3 is 0 Å². The summed E-state index contributed by atoms with van der Waals surface area (Å²) < 4.78 is 0. The lowest BCUT2D eigenvalue weighted by Gasteiger charge is -2.06. The largest absolute Gasteiger partial charge is 0.0816 e.